The molecule has 1 N–H and O–H groups in total. The number of aliphatic imine (C=N–C) groups is 2. The molecule has 0 saturated carbocycles. The van der Waals surface area contributed by atoms with Crippen molar-refractivity contribution in [2.45, 2.75) is 45.6 Å². The van der Waals surface area contributed by atoms with Crippen molar-refractivity contribution in [2.75, 3.05) is 19.7 Å². The molecule has 0 saturated heterocycles. The third-order valence-electron chi connectivity index (χ3n) is 6.39. The average Bonchev–Trinajstić information content (AvgIpc) is 3.15. The molecule has 2 aliphatic heterocycles. The summed E-state index contributed by atoms with van der Waals surface area (Å²) in [6, 6.07) is 9.86. The van der Waals surface area contributed by atoms with Crippen molar-refractivity contribution in [3.63, 3.8) is 0 Å². The van der Waals surface area contributed by atoms with Gasteiger partial charge in [-0.25, -0.2) is 0 Å². The number of aromatic nitrogens is 1. The third-order valence-corrected chi connectivity index (χ3v) is 6.39. The summed E-state index contributed by atoms with van der Waals surface area (Å²) in [4.78, 5) is 23.1. The van der Waals surface area contributed by atoms with Crippen LogP contribution in [0.5, 0.6) is 5.75 Å². The highest BCUT2D eigenvalue weighted by Gasteiger charge is 2.19. The highest BCUT2D eigenvalue weighted by Crippen LogP contribution is 2.25. The predicted octanol–water partition coefficient (Wildman–Crippen LogP) is 4.71. The van der Waals surface area contributed by atoms with E-state index in [4.69, 9.17) is 15.1 Å². The second-order valence-electron chi connectivity index (χ2n) is 8.95. The smallest absolute Gasteiger partial charge is 0.132 e. The summed E-state index contributed by atoms with van der Waals surface area (Å²) in [5.74, 6) is 0.676. The lowest BCUT2D eigenvalue weighted by Crippen LogP contribution is -2.23. The number of hydrogen-bond donors (Lipinski definition) is 1. The molecule has 2 aromatic rings. The lowest BCUT2D eigenvalue weighted by Gasteiger charge is -2.20. The molecule has 0 amide bonds. The van der Waals surface area contributed by atoms with Crippen molar-refractivity contribution in [1.29, 1.82) is 5.41 Å². The Morgan fingerprint density at radius 2 is 2.12 bits per heavy atom. The van der Waals surface area contributed by atoms with E-state index >= 15 is 0 Å². The molecular weight excluding hydrogens is 428 g/mol. The molecule has 1 aromatic heterocycles. The maximum atomic E-state index is 11.5. The number of nitroso groups, excluding NO2 is 1. The molecule has 8 heteroatoms. The van der Waals surface area contributed by atoms with Gasteiger partial charge in [-0.2, -0.15) is 0 Å². The highest BCUT2D eigenvalue weighted by molar-refractivity contribution is 6.00. The molecule has 34 heavy (non-hydrogen) atoms. The number of nitrogens with zero attached hydrogens (tertiary/aromatic N) is 5. The summed E-state index contributed by atoms with van der Waals surface area (Å²) in [6.07, 6.45) is 7.25. The number of pyridine rings is 1. The Bertz CT molecular complexity index is 1250. The second kappa shape index (κ2) is 10.6. The predicted molar refractivity (Wildman–Crippen MR) is 136 cm³/mol. The summed E-state index contributed by atoms with van der Waals surface area (Å²) in [5.41, 5.74) is 4.51. The number of fused-ring (bicyclic) bond motifs is 1. The Balaban J connectivity index is 1.48. The number of ether oxygens (including phenoxy) is 1. The van der Waals surface area contributed by atoms with Crippen LogP contribution in [0.1, 0.15) is 39.5 Å². The fourth-order valence-corrected chi connectivity index (χ4v) is 4.38. The number of nitrogens with one attached hydrogen (secondary N) is 1. The topological polar surface area (TPSA) is 95.4 Å². The zero-order chi connectivity index (χ0) is 24.1. The Kier molecular flexibility index (Phi) is 7.35. The van der Waals surface area contributed by atoms with Gasteiger partial charge in [-0.3, -0.25) is 15.4 Å². The fraction of sp³-hybridized carbons (Fsp3) is 0.423. The van der Waals surface area contributed by atoms with Crippen LogP contribution in [-0.2, 0) is 7.05 Å². The van der Waals surface area contributed by atoms with E-state index in [2.05, 4.69) is 22.0 Å². The van der Waals surface area contributed by atoms with Crippen LogP contribution in [0.15, 0.2) is 68.7 Å². The van der Waals surface area contributed by atoms with E-state index in [-0.39, 0.29) is 6.04 Å². The fourth-order valence-electron chi connectivity index (χ4n) is 4.38. The first kappa shape index (κ1) is 23.6. The molecule has 1 aromatic carbocycles. The van der Waals surface area contributed by atoms with Gasteiger partial charge in [0.1, 0.15) is 23.5 Å². The Morgan fingerprint density at radius 3 is 2.94 bits per heavy atom. The zero-order valence-electron chi connectivity index (χ0n) is 20.1. The number of allylic oxidation sites excluding steroid dienone is 2. The van der Waals surface area contributed by atoms with Crippen LogP contribution in [0.3, 0.4) is 0 Å². The normalized spacial score (nSPS) is 18.9. The third kappa shape index (κ3) is 5.32. The molecule has 1 unspecified atom stereocenters. The van der Waals surface area contributed by atoms with E-state index in [1.807, 2.05) is 55.2 Å². The number of aryl methyl sites for hydroxylation is 1. The Morgan fingerprint density at radius 1 is 1.29 bits per heavy atom. The SMILES string of the molecule is CC1=C(N=O)C(CCN2C=C(COc3cc(=N)n(C)c4ccccc34)N=CCC2)=NC(C)CC1. The summed E-state index contributed by atoms with van der Waals surface area (Å²) in [7, 11) is 1.88. The molecule has 8 nitrogen and oxygen atoms in total. The first-order chi connectivity index (χ1) is 16.5. The van der Waals surface area contributed by atoms with Gasteiger partial charge in [-0.05, 0) is 49.6 Å². The standard InChI is InChI=1S/C26H32N6O2/c1-18-9-10-19(2)29-22(26(18)30-33)11-14-32-13-6-12-28-20(16-32)17-34-24-15-25(27)31(3)23-8-5-4-7-21(23)24/h4-5,7-8,12,15-16,19,27H,6,9-11,13-14,17H2,1-3H3. The minimum absolute atomic E-state index is 0.195. The van der Waals surface area contributed by atoms with Crippen molar-refractivity contribution in [3.8, 4) is 5.75 Å². The number of para-hydroxylation sites is 1. The van der Waals surface area contributed by atoms with Crippen LogP contribution in [-0.4, -0.2) is 47.1 Å². The lowest BCUT2D eigenvalue weighted by molar-refractivity contribution is 0.343. The number of rotatable bonds is 7. The van der Waals surface area contributed by atoms with E-state index in [0.29, 0.717) is 30.0 Å². The molecule has 3 heterocycles. The molecule has 0 radical (unpaired) electrons. The molecule has 0 bridgehead atoms. The van der Waals surface area contributed by atoms with Gasteiger partial charge >= 0.3 is 0 Å². The van der Waals surface area contributed by atoms with Crippen molar-refractivity contribution in [2.24, 2.45) is 22.2 Å². The van der Waals surface area contributed by atoms with Crippen LogP contribution in [0.25, 0.3) is 10.9 Å². The minimum atomic E-state index is 0.195. The van der Waals surface area contributed by atoms with E-state index in [1.54, 1.807) is 6.07 Å². The van der Waals surface area contributed by atoms with Gasteiger partial charge in [-0.15, -0.1) is 4.91 Å². The molecule has 4 rings (SSSR count). The molecule has 2 aliphatic rings. The summed E-state index contributed by atoms with van der Waals surface area (Å²) >= 11 is 0. The molecule has 0 aliphatic carbocycles. The average molecular weight is 461 g/mol. The maximum absolute atomic E-state index is 11.5. The summed E-state index contributed by atoms with van der Waals surface area (Å²) < 4.78 is 7.98. The monoisotopic (exact) mass is 460 g/mol. The molecule has 178 valence electrons. The summed E-state index contributed by atoms with van der Waals surface area (Å²) in [5, 5.41) is 12.5. The largest absolute Gasteiger partial charge is 0.486 e. The van der Waals surface area contributed by atoms with Crippen LogP contribution >= 0.6 is 0 Å². The van der Waals surface area contributed by atoms with Gasteiger partial charge in [0.05, 0.1) is 16.9 Å². The molecular formula is C26H32N6O2. The van der Waals surface area contributed by atoms with E-state index in [9.17, 15) is 4.91 Å². The number of benzene rings is 1. The molecule has 0 fully saturated rings. The highest BCUT2D eigenvalue weighted by atomic mass is 16.5. The van der Waals surface area contributed by atoms with Gasteiger partial charge < -0.3 is 14.2 Å². The van der Waals surface area contributed by atoms with Gasteiger partial charge in [-0.1, -0.05) is 12.1 Å². The zero-order valence-corrected chi connectivity index (χ0v) is 20.1. The number of hydrogen-bond acceptors (Lipinski definition) is 7. The van der Waals surface area contributed by atoms with Crippen LogP contribution in [0, 0.1) is 10.3 Å². The Hall–Kier alpha value is -3.55. The van der Waals surface area contributed by atoms with Gasteiger partial charge in [0.15, 0.2) is 0 Å². The molecule has 1 atom stereocenters. The maximum Gasteiger partial charge on any atom is 0.132 e. The van der Waals surface area contributed by atoms with Gasteiger partial charge in [0.2, 0.25) is 0 Å². The van der Waals surface area contributed by atoms with Crippen LogP contribution in [0.2, 0.25) is 0 Å². The lowest BCUT2D eigenvalue weighted by atomic mass is 10.1. The van der Waals surface area contributed by atoms with Crippen molar-refractivity contribution < 1.29 is 4.74 Å². The second-order valence-corrected chi connectivity index (χ2v) is 8.95. The Labute approximate surface area is 199 Å². The van der Waals surface area contributed by atoms with Gasteiger partial charge in [0.25, 0.3) is 0 Å². The first-order valence-corrected chi connectivity index (χ1v) is 11.8. The summed E-state index contributed by atoms with van der Waals surface area (Å²) in [6.45, 7) is 5.94. The minimum Gasteiger partial charge on any atom is -0.486 e. The van der Waals surface area contributed by atoms with Crippen LogP contribution < -0.4 is 10.2 Å². The van der Waals surface area contributed by atoms with E-state index in [1.165, 1.54) is 0 Å². The van der Waals surface area contributed by atoms with E-state index in [0.717, 1.165) is 60.2 Å². The van der Waals surface area contributed by atoms with Crippen molar-refractivity contribution in [1.82, 2.24) is 9.47 Å². The van der Waals surface area contributed by atoms with Crippen LogP contribution in [0.4, 0.5) is 0 Å². The first-order valence-electron chi connectivity index (χ1n) is 11.8. The quantitative estimate of drug-likeness (QED) is 0.606. The van der Waals surface area contributed by atoms with Gasteiger partial charge in [0, 0.05) is 62.9 Å². The van der Waals surface area contributed by atoms with E-state index < -0.39 is 0 Å². The van der Waals surface area contributed by atoms with Crippen molar-refractivity contribution in [3.05, 3.63) is 63.9 Å². The van der Waals surface area contributed by atoms with Crippen molar-refractivity contribution >= 4 is 22.8 Å². The molecule has 0 spiro atoms.